The van der Waals surface area contributed by atoms with E-state index in [0.29, 0.717) is 6.61 Å². The molecule has 0 radical (unpaired) electrons. The van der Waals surface area contributed by atoms with Gasteiger partial charge in [0.15, 0.2) is 4.34 Å². The lowest BCUT2D eigenvalue weighted by atomic mass is 10.3. The summed E-state index contributed by atoms with van der Waals surface area (Å²) >= 11 is 6.57. The molecule has 3 nitrogen and oxygen atoms in total. The van der Waals surface area contributed by atoms with Crippen LogP contribution >= 0.6 is 39.2 Å². The van der Waals surface area contributed by atoms with Gasteiger partial charge in [0, 0.05) is 16.6 Å². The first kappa shape index (κ1) is 13.8. The third-order valence-electron chi connectivity index (χ3n) is 2.14. The van der Waals surface area contributed by atoms with E-state index in [4.69, 9.17) is 4.74 Å². The van der Waals surface area contributed by atoms with Crippen molar-refractivity contribution in [2.75, 3.05) is 12.4 Å². The van der Waals surface area contributed by atoms with Crippen molar-refractivity contribution in [3.63, 3.8) is 0 Å². The highest BCUT2D eigenvalue weighted by molar-refractivity contribution is 9.10. The largest absolute Gasteiger partial charge is 0.493 e. The highest BCUT2D eigenvalue weighted by Crippen LogP contribution is 2.21. The minimum atomic E-state index is 0.669. The average molecular weight is 345 g/mol. The maximum atomic E-state index is 5.65. The van der Waals surface area contributed by atoms with Gasteiger partial charge in [0.1, 0.15) is 11.6 Å². The number of halogens is 1. The molecule has 0 spiro atoms. The van der Waals surface area contributed by atoms with E-state index in [1.807, 2.05) is 24.3 Å². The first-order valence-electron chi connectivity index (χ1n) is 5.61. The first-order chi connectivity index (χ1) is 8.78. The molecule has 0 aliphatic rings. The van der Waals surface area contributed by atoms with E-state index in [9.17, 15) is 0 Å². The van der Waals surface area contributed by atoms with Crippen LogP contribution in [0.4, 0.5) is 0 Å². The van der Waals surface area contributed by atoms with Crippen molar-refractivity contribution in [3.05, 3.63) is 34.6 Å². The Labute approximate surface area is 123 Å². The monoisotopic (exact) mass is 344 g/mol. The Hall–Kier alpha value is -0.590. The van der Waals surface area contributed by atoms with Crippen LogP contribution in [0.15, 0.2) is 33.1 Å². The second-order valence-corrected chi connectivity index (χ2v) is 6.49. The number of benzene rings is 1. The molecule has 6 heteroatoms. The van der Waals surface area contributed by atoms with Crippen LogP contribution in [-0.2, 0) is 6.42 Å². The maximum Gasteiger partial charge on any atom is 0.170 e. The zero-order chi connectivity index (χ0) is 12.8. The Morgan fingerprint density at radius 1 is 1.44 bits per heavy atom. The molecule has 1 heterocycles. The van der Waals surface area contributed by atoms with Crippen LogP contribution in [0, 0.1) is 0 Å². The number of hydrogen-bond donors (Lipinski definition) is 0. The van der Waals surface area contributed by atoms with Gasteiger partial charge in [-0.15, -0.1) is 0 Å². The van der Waals surface area contributed by atoms with Crippen LogP contribution in [0.1, 0.15) is 12.7 Å². The molecular weight excluding hydrogens is 332 g/mol. The van der Waals surface area contributed by atoms with Crippen molar-refractivity contribution < 1.29 is 4.74 Å². The highest BCUT2D eigenvalue weighted by atomic mass is 79.9. The summed E-state index contributed by atoms with van der Waals surface area (Å²) in [7, 11) is 0. The quantitative estimate of drug-likeness (QED) is 0.585. The molecule has 0 aliphatic heterocycles. The molecule has 2 rings (SSSR count). The zero-order valence-corrected chi connectivity index (χ0v) is 13.1. The molecule has 18 heavy (non-hydrogen) atoms. The molecule has 1 aromatic carbocycles. The summed E-state index contributed by atoms with van der Waals surface area (Å²) in [6, 6.07) is 7.86. The lowest BCUT2D eigenvalue weighted by molar-refractivity contribution is 0.344. The van der Waals surface area contributed by atoms with Crippen LogP contribution < -0.4 is 4.74 Å². The summed E-state index contributed by atoms with van der Waals surface area (Å²) < 4.78 is 11.9. The van der Waals surface area contributed by atoms with Crippen LogP contribution in [0.2, 0.25) is 0 Å². The van der Waals surface area contributed by atoms with Crippen molar-refractivity contribution in [1.29, 1.82) is 0 Å². The minimum absolute atomic E-state index is 0.669. The van der Waals surface area contributed by atoms with Gasteiger partial charge in [-0.05, 0) is 29.7 Å². The van der Waals surface area contributed by atoms with Gasteiger partial charge in [-0.25, -0.2) is 4.98 Å². The number of nitrogens with zero attached hydrogens (tertiary/aromatic N) is 2. The molecule has 0 aliphatic carbocycles. The smallest absolute Gasteiger partial charge is 0.170 e. The zero-order valence-electron chi connectivity index (χ0n) is 9.93. The molecule has 0 fully saturated rings. The average Bonchev–Trinajstić information content (AvgIpc) is 2.83. The topological polar surface area (TPSA) is 35.0 Å². The molecule has 0 bridgehead atoms. The number of aromatic nitrogens is 2. The number of ether oxygens (including phenoxy) is 1. The van der Waals surface area contributed by atoms with Gasteiger partial charge in [0.25, 0.3) is 0 Å². The van der Waals surface area contributed by atoms with Crippen LogP contribution in [0.5, 0.6) is 5.75 Å². The Morgan fingerprint density at radius 3 is 3.06 bits per heavy atom. The normalized spacial score (nSPS) is 10.6. The van der Waals surface area contributed by atoms with E-state index in [-0.39, 0.29) is 0 Å². The van der Waals surface area contributed by atoms with E-state index in [1.165, 1.54) is 11.5 Å². The van der Waals surface area contributed by atoms with Crippen molar-refractivity contribution in [2.45, 2.75) is 17.7 Å². The summed E-state index contributed by atoms with van der Waals surface area (Å²) in [4.78, 5) is 4.39. The molecule has 0 saturated carbocycles. The number of aryl methyl sites for hydroxylation is 1. The molecule has 1 aromatic heterocycles. The molecule has 0 N–H and O–H groups in total. The highest BCUT2D eigenvalue weighted by Gasteiger charge is 2.02. The predicted molar refractivity (Wildman–Crippen MR) is 79.6 cm³/mol. The molecule has 0 atom stereocenters. The van der Waals surface area contributed by atoms with Gasteiger partial charge in [-0.3, -0.25) is 0 Å². The summed E-state index contributed by atoms with van der Waals surface area (Å²) in [6.45, 7) is 2.73. The Balaban J connectivity index is 1.72. The first-order valence-corrected chi connectivity index (χ1v) is 8.17. The molecule has 2 aromatic rings. The van der Waals surface area contributed by atoms with Gasteiger partial charge in [0.2, 0.25) is 0 Å². The van der Waals surface area contributed by atoms with E-state index in [0.717, 1.165) is 32.6 Å². The summed E-state index contributed by atoms with van der Waals surface area (Å²) in [6.07, 6.45) is 0.894. The van der Waals surface area contributed by atoms with Crippen molar-refractivity contribution >= 4 is 39.2 Å². The lowest BCUT2D eigenvalue weighted by Crippen LogP contribution is -1.99. The van der Waals surface area contributed by atoms with Gasteiger partial charge in [0.05, 0.1) is 6.61 Å². The van der Waals surface area contributed by atoms with Gasteiger partial charge >= 0.3 is 0 Å². The molecule has 96 valence electrons. The summed E-state index contributed by atoms with van der Waals surface area (Å²) in [5, 5.41) is 0. The number of thioether (sulfide) groups is 1. The third kappa shape index (κ3) is 4.26. The van der Waals surface area contributed by atoms with Crippen molar-refractivity contribution in [1.82, 2.24) is 9.36 Å². The van der Waals surface area contributed by atoms with Crippen LogP contribution in [-0.4, -0.2) is 21.7 Å². The SMILES string of the molecule is CCc1nsc(SCCOc2cccc(Br)c2)n1. The Bertz CT molecular complexity index is 504. The molecule has 0 unspecified atom stereocenters. The van der Waals surface area contributed by atoms with Crippen LogP contribution in [0.25, 0.3) is 0 Å². The fraction of sp³-hybridized carbons (Fsp3) is 0.333. The van der Waals surface area contributed by atoms with Crippen molar-refractivity contribution in [2.24, 2.45) is 0 Å². The molecule has 0 amide bonds. The second kappa shape index (κ2) is 7.11. The molecular formula is C12H13BrN2OS2. The van der Waals surface area contributed by atoms with E-state index in [2.05, 4.69) is 32.2 Å². The van der Waals surface area contributed by atoms with E-state index >= 15 is 0 Å². The predicted octanol–water partition coefficient (Wildman–Crippen LogP) is 4.03. The third-order valence-corrected chi connectivity index (χ3v) is 4.47. The van der Waals surface area contributed by atoms with Crippen molar-refractivity contribution in [3.8, 4) is 5.75 Å². The maximum absolute atomic E-state index is 5.65. The van der Waals surface area contributed by atoms with E-state index in [1.54, 1.807) is 11.8 Å². The van der Waals surface area contributed by atoms with Gasteiger partial charge < -0.3 is 4.74 Å². The van der Waals surface area contributed by atoms with Crippen LogP contribution in [0.3, 0.4) is 0 Å². The fourth-order valence-corrected chi connectivity index (χ4v) is 3.25. The number of rotatable bonds is 6. The van der Waals surface area contributed by atoms with Gasteiger partial charge in [-0.1, -0.05) is 40.7 Å². The lowest BCUT2D eigenvalue weighted by Gasteiger charge is -2.04. The minimum Gasteiger partial charge on any atom is -0.493 e. The Morgan fingerprint density at radius 2 is 2.33 bits per heavy atom. The summed E-state index contributed by atoms with van der Waals surface area (Å²) in [5.74, 6) is 2.69. The fourth-order valence-electron chi connectivity index (χ4n) is 1.29. The second-order valence-electron chi connectivity index (χ2n) is 3.48. The standard InChI is InChI=1S/C12H13BrN2OS2/c1-2-11-14-12(18-15-11)17-7-6-16-10-5-3-4-9(13)8-10/h3-5,8H,2,6-7H2,1H3. The molecule has 0 saturated heterocycles. The number of hydrogen-bond acceptors (Lipinski definition) is 5. The Kier molecular flexibility index (Phi) is 5.46. The van der Waals surface area contributed by atoms with E-state index < -0.39 is 0 Å². The van der Waals surface area contributed by atoms with Gasteiger partial charge in [-0.2, -0.15) is 4.37 Å². The summed E-state index contributed by atoms with van der Waals surface area (Å²) in [5.41, 5.74) is 0.